The van der Waals surface area contributed by atoms with Crippen LogP contribution in [-0.4, -0.2) is 44.4 Å². The number of benzene rings is 2. The van der Waals surface area contributed by atoms with Crippen LogP contribution in [0.1, 0.15) is 18.1 Å². The summed E-state index contributed by atoms with van der Waals surface area (Å²) < 4.78 is 21.1. The minimum Gasteiger partial charge on any atom is -0.497 e. The molecule has 0 fully saturated rings. The van der Waals surface area contributed by atoms with Gasteiger partial charge < -0.3 is 29.4 Å². The lowest BCUT2D eigenvalue weighted by molar-refractivity contribution is -0.139. The summed E-state index contributed by atoms with van der Waals surface area (Å²) in [4.78, 5) is 23.3. The lowest BCUT2D eigenvalue weighted by Gasteiger charge is -2.12. The third kappa shape index (κ3) is 6.67. The van der Waals surface area contributed by atoms with Gasteiger partial charge in [0.05, 0.1) is 20.8 Å². The fourth-order valence-electron chi connectivity index (χ4n) is 2.73. The van der Waals surface area contributed by atoms with Gasteiger partial charge in [-0.3, -0.25) is 4.79 Å². The van der Waals surface area contributed by atoms with Crippen LogP contribution in [0.15, 0.2) is 42.0 Å². The molecule has 2 rings (SSSR count). The molecule has 32 heavy (non-hydrogen) atoms. The highest BCUT2D eigenvalue weighted by Gasteiger charge is 2.13. The van der Waals surface area contributed by atoms with Gasteiger partial charge in [0.2, 0.25) is 0 Å². The lowest BCUT2D eigenvalue weighted by atomic mass is 10.1. The van der Waals surface area contributed by atoms with Crippen LogP contribution in [0.4, 0.5) is 0 Å². The Kier molecular flexibility index (Phi) is 8.92. The number of aliphatic carboxylic acids is 1. The van der Waals surface area contributed by atoms with E-state index in [1.807, 2.05) is 6.07 Å². The SMILES string of the molecule is CCOc1cc(/C=C(\C#N)C(=O)NCc2ccc(OC)cc2OC)ccc1OCC(=O)O. The number of methoxy groups -OCH3 is 2. The van der Waals surface area contributed by atoms with Gasteiger partial charge in [-0.1, -0.05) is 6.07 Å². The Hall–Kier alpha value is -4.19. The zero-order valence-electron chi connectivity index (χ0n) is 18.0. The molecule has 2 aromatic carbocycles. The Morgan fingerprint density at radius 1 is 1.06 bits per heavy atom. The molecule has 0 aromatic heterocycles. The van der Waals surface area contributed by atoms with Crippen LogP contribution in [0, 0.1) is 11.3 Å². The van der Waals surface area contributed by atoms with Crippen LogP contribution >= 0.6 is 0 Å². The summed E-state index contributed by atoms with van der Waals surface area (Å²) in [6.45, 7) is 1.73. The first kappa shape index (κ1) is 24.1. The van der Waals surface area contributed by atoms with Crippen LogP contribution in [-0.2, 0) is 16.1 Å². The molecule has 9 nitrogen and oxygen atoms in total. The standard InChI is InChI=1S/C23H24N2O7/c1-4-31-21-10-15(5-8-19(21)32-14-22(26)27)9-17(12-24)23(28)25-13-16-6-7-18(29-2)11-20(16)30-3/h5-11H,4,13-14H2,1-3H3,(H,25,28)(H,26,27)/b17-9+. The Morgan fingerprint density at radius 3 is 2.47 bits per heavy atom. The molecule has 0 bridgehead atoms. The fourth-order valence-corrected chi connectivity index (χ4v) is 2.73. The summed E-state index contributed by atoms with van der Waals surface area (Å²) >= 11 is 0. The number of hydrogen-bond donors (Lipinski definition) is 2. The Bertz CT molecular complexity index is 1040. The van der Waals surface area contributed by atoms with Crippen LogP contribution in [0.25, 0.3) is 6.08 Å². The molecular weight excluding hydrogens is 416 g/mol. The number of nitriles is 1. The quantitative estimate of drug-likeness (QED) is 0.403. The molecule has 0 saturated carbocycles. The van der Waals surface area contributed by atoms with Crippen molar-refractivity contribution in [3.63, 3.8) is 0 Å². The number of hydrogen-bond acceptors (Lipinski definition) is 7. The summed E-state index contributed by atoms with van der Waals surface area (Å²) in [6, 6.07) is 11.8. The monoisotopic (exact) mass is 440 g/mol. The highest BCUT2D eigenvalue weighted by molar-refractivity contribution is 6.01. The van der Waals surface area contributed by atoms with E-state index in [1.165, 1.54) is 19.3 Å². The van der Waals surface area contributed by atoms with Gasteiger partial charge in [0.15, 0.2) is 18.1 Å². The van der Waals surface area contributed by atoms with E-state index in [2.05, 4.69) is 5.32 Å². The van der Waals surface area contributed by atoms with Crippen molar-refractivity contribution in [3.8, 4) is 29.1 Å². The fraction of sp³-hybridized carbons (Fsp3) is 0.261. The molecule has 0 unspecified atom stereocenters. The Balaban J connectivity index is 2.17. The molecule has 0 aliphatic heterocycles. The summed E-state index contributed by atoms with van der Waals surface area (Å²) in [6.07, 6.45) is 1.41. The van der Waals surface area contributed by atoms with Crippen LogP contribution in [0.2, 0.25) is 0 Å². The van der Waals surface area contributed by atoms with E-state index in [-0.39, 0.29) is 17.9 Å². The number of nitrogens with one attached hydrogen (secondary N) is 1. The van der Waals surface area contributed by atoms with Crippen LogP contribution < -0.4 is 24.3 Å². The third-order valence-electron chi connectivity index (χ3n) is 4.23. The van der Waals surface area contributed by atoms with E-state index in [0.717, 1.165) is 5.56 Å². The van der Waals surface area contributed by atoms with Crippen molar-refractivity contribution in [2.24, 2.45) is 0 Å². The van der Waals surface area contributed by atoms with E-state index in [4.69, 9.17) is 24.1 Å². The maximum Gasteiger partial charge on any atom is 0.341 e. The van der Waals surface area contributed by atoms with Gasteiger partial charge in [0.1, 0.15) is 23.1 Å². The number of nitrogens with zero attached hydrogens (tertiary/aromatic N) is 1. The van der Waals surface area contributed by atoms with Gasteiger partial charge in [0.25, 0.3) is 5.91 Å². The second-order valence-corrected chi connectivity index (χ2v) is 6.35. The van der Waals surface area contributed by atoms with Crippen LogP contribution in [0.5, 0.6) is 23.0 Å². The van der Waals surface area contributed by atoms with Gasteiger partial charge in [-0.15, -0.1) is 0 Å². The molecule has 9 heteroatoms. The van der Waals surface area contributed by atoms with E-state index in [1.54, 1.807) is 44.4 Å². The Morgan fingerprint density at radius 2 is 1.84 bits per heavy atom. The second kappa shape index (κ2) is 11.9. The number of carboxylic acid groups (broad SMARTS) is 1. The number of amides is 1. The van der Waals surface area contributed by atoms with Gasteiger partial charge in [-0.2, -0.15) is 5.26 Å². The van der Waals surface area contributed by atoms with Crippen molar-refractivity contribution in [2.75, 3.05) is 27.4 Å². The maximum absolute atomic E-state index is 12.5. The van der Waals surface area contributed by atoms with Crippen molar-refractivity contribution in [1.29, 1.82) is 5.26 Å². The number of carbonyl (C=O) groups is 2. The van der Waals surface area contributed by atoms with Gasteiger partial charge in [-0.25, -0.2) is 4.79 Å². The molecule has 0 radical (unpaired) electrons. The van der Waals surface area contributed by atoms with Gasteiger partial charge >= 0.3 is 5.97 Å². The average molecular weight is 440 g/mol. The summed E-state index contributed by atoms with van der Waals surface area (Å²) in [5.41, 5.74) is 1.13. The van der Waals surface area contributed by atoms with Crippen molar-refractivity contribution in [3.05, 3.63) is 53.1 Å². The smallest absolute Gasteiger partial charge is 0.341 e. The number of carbonyl (C=O) groups excluding carboxylic acids is 1. The first-order valence-corrected chi connectivity index (χ1v) is 9.64. The average Bonchev–Trinajstić information content (AvgIpc) is 2.80. The molecule has 168 valence electrons. The van der Waals surface area contributed by atoms with Gasteiger partial charge in [0, 0.05) is 18.2 Å². The van der Waals surface area contributed by atoms with Crippen molar-refractivity contribution in [2.45, 2.75) is 13.5 Å². The van der Waals surface area contributed by atoms with Crippen molar-refractivity contribution in [1.82, 2.24) is 5.32 Å². The highest BCUT2D eigenvalue weighted by Crippen LogP contribution is 2.29. The normalized spacial score (nSPS) is 10.6. The molecule has 0 aliphatic rings. The minimum absolute atomic E-state index is 0.112. The lowest BCUT2D eigenvalue weighted by Crippen LogP contribution is -2.24. The summed E-state index contributed by atoms with van der Waals surface area (Å²) in [7, 11) is 3.06. The van der Waals surface area contributed by atoms with Gasteiger partial charge in [-0.05, 0) is 42.8 Å². The second-order valence-electron chi connectivity index (χ2n) is 6.35. The largest absolute Gasteiger partial charge is 0.497 e. The summed E-state index contributed by atoms with van der Waals surface area (Å²) in [5, 5.41) is 20.9. The number of rotatable bonds is 11. The maximum atomic E-state index is 12.5. The molecule has 0 spiro atoms. The van der Waals surface area contributed by atoms with Crippen LogP contribution in [0.3, 0.4) is 0 Å². The number of carboxylic acids is 1. The predicted octanol–water partition coefficient (Wildman–Crippen LogP) is 2.79. The molecule has 1 amide bonds. The molecule has 0 aliphatic carbocycles. The molecular formula is C23H24N2O7. The summed E-state index contributed by atoms with van der Waals surface area (Å²) in [5.74, 6) is 0.0490. The zero-order valence-corrected chi connectivity index (χ0v) is 18.0. The third-order valence-corrected chi connectivity index (χ3v) is 4.23. The topological polar surface area (TPSA) is 127 Å². The van der Waals surface area contributed by atoms with E-state index in [0.29, 0.717) is 29.4 Å². The van der Waals surface area contributed by atoms with Crippen molar-refractivity contribution >= 4 is 18.0 Å². The molecule has 2 aromatic rings. The van der Waals surface area contributed by atoms with Crippen molar-refractivity contribution < 1.29 is 33.6 Å². The molecule has 0 heterocycles. The van der Waals surface area contributed by atoms with E-state index < -0.39 is 18.5 Å². The highest BCUT2D eigenvalue weighted by atomic mass is 16.5. The first-order valence-electron chi connectivity index (χ1n) is 9.64. The predicted molar refractivity (Wildman–Crippen MR) is 116 cm³/mol. The van der Waals surface area contributed by atoms with E-state index >= 15 is 0 Å². The first-order chi connectivity index (χ1) is 15.4. The zero-order chi connectivity index (χ0) is 23.5. The minimum atomic E-state index is -1.12. The molecule has 0 saturated heterocycles. The van der Waals surface area contributed by atoms with E-state index in [9.17, 15) is 14.9 Å². The Labute approximate surface area is 185 Å². The number of ether oxygens (including phenoxy) is 4. The molecule has 2 N–H and O–H groups in total. The molecule has 0 atom stereocenters.